The standard InChI is InChI=1S/C17H24O5/c1-20-11-12-9-14(21-2)15(22-3)10-13(12)17(16(18)19)7-5-4-6-8-17/h9-10H,4-8,11H2,1-3H3,(H,18,19). The van der Waals surface area contributed by atoms with E-state index in [9.17, 15) is 9.90 Å². The Bertz CT molecular complexity index is 532. The van der Waals surface area contributed by atoms with Gasteiger partial charge in [0.25, 0.3) is 0 Å². The van der Waals surface area contributed by atoms with Gasteiger partial charge in [0, 0.05) is 7.11 Å². The van der Waals surface area contributed by atoms with E-state index in [4.69, 9.17) is 14.2 Å². The summed E-state index contributed by atoms with van der Waals surface area (Å²) in [6.45, 7) is 0.352. The van der Waals surface area contributed by atoms with Crippen LogP contribution in [0.25, 0.3) is 0 Å². The van der Waals surface area contributed by atoms with Crippen LogP contribution in [0.1, 0.15) is 43.2 Å². The van der Waals surface area contributed by atoms with E-state index in [-0.39, 0.29) is 0 Å². The molecule has 5 nitrogen and oxygen atoms in total. The van der Waals surface area contributed by atoms with Crippen LogP contribution in [0.4, 0.5) is 0 Å². The third kappa shape index (κ3) is 2.90. The van der Waals surface area contributed by atoms with E-state index in [1.165, 1.54) is 0 Å². The van der Waals surface area contributed by atoms with Gasteiger partial charge in [-0.15, -0.1) is 0 Å². The second-order valence-electron chi connectivity index (χ2n) is 5.75. The number of benzene rings is 1. The van der Waals surface area contributed by atoms with Gasteiger partial charge >= 0.3 is 5.97 Å². The molecule has 1 saturated carbocycles. The quantitative estimate of drug-likeness (QED) is 0.874. The van der Waals surface area contributed by atoms with Crippen molar-refractivity contribution in [3.05, 3.63) is 23.3 Å². The number of hydrogen-bond donors (Lipinski definition) is 1. The number of aliphatic carboxylic acids is 1. The minimum atomic E-state index is -0.855. The summed E-state index contributed by atoms with van der Waals surface area (Å²) < 4.78 is 16.0. The highest BCUT2D eigenvalue weighted by Gasteiger charge is 2.43. The van der Waals surface area contributed by atoms with Crippen LogP contribution in [0.15, 0.2) is 12.1 Å². The average molecular weight is 308 g/mol. The summed E-state index contributed by atoms with van der Waals surface area (Å²) in [5, 5.41) is 9.91. The van der Waals surface area contributed by atoms with Crippen molar-refractivity contribution < 1.29 is 24.1 Å². The molecule has 1 aromatic carbocycles. The van der Waals surface area contributed by atoms with Gasteiger partial charge in [-0.3, -0.25) is 4.79 Å². The van der Waals surface area contributed by atoms with Gasteiger partial charge in [0.1, 0.15) is 0 Å². The largest absolute Gasteiger partial charge is 0.493 e. The molecule has 0 atom stereocenters. The van der Waals surface area contributed by atoms with Crippen molar-refractivity contribution in [1.82, 2.24) is 0 Å². The van der Waals surface area contributed by atoms with E-state index in [0.717, 1.165) is 30.4 Å². The van der Waals surface area contributed by atoms with Gasteiger partial charge in [-0.25, -0.2) is 0 Å². The maximum atomic E-state index is 12.1. The van der Waals surface area contributed by atoms with Crippen molar-refractivity contribution in [3.8, 4) is 11.5 Å². The van der Waals surface area contributed by atoms with Crippen LogP contribution >= 0.6 is 0 Å². The summed E-state index contributed by atoms with van der Waals surface area (Å²) in [4.78, 5) is 12.1. The molecular weight excluding hydrogens is 284 g/mol. The molecule has 0 spiro atoms. The minimum Gasteiger partial charge on any atom is -0.493 e. The van der Waals surface area contributed by atoms with Crippen LogP contribution in [-0.4, -0.2) is 32.4 Å². The smallest absolute Gasteiger partial charge is 0.314 e. The molecule has 0 bridgehead atoms. The summed E-state index contributed by atoms with van der Waals surface area (Å²) >= 11 is 0. The Morgan fingerprint density at radius 3 is 2.18 bits per heavy atom. The van der Waals surface area contributed by atoms with Gasteiger partial charge in [0.05, 0.1) is 26.2 Å². The van der Waals surface area contributed by atoms with Crippen LogP contribution in [0.2, 0.25) is 0 Å². The minimum absolute atomic E-state index is 0.352. The fraction of sp³-hybridized carbons (Fsp3) is 0.588. The first-order valence-electron chi connectivity index (χ1n) is 7.56. The number of ether oxygens (including phenoxy) is 3. The lowest BCUT2D eigenvalue weighted by Crippen LogP contribution is -2.38. The predicted molar refractivity (Wildman–Crippen MR) is 82.7 cm³/mol. The Labute approximate surface area is 131 Å². The van der Waals surface area contributed by atoms with Crippen molar-refractivity contribution >= 4 is 5.97 Å². The first kappa shape index (κ1) is 16.6. The molecule has 0 amide bonds. The molecule has 1 N–H and O–H groups in total. The van der Waals surface area contributed by atoms with Gasteiger partial charge in [-0.1, -0.05) is 19.3 Å². The van der Waals surface area contributed by atoms with Crippen molar-refractivity contribution in [2.24, 2.45) is 0 Å². The van der Waals surface area contributed by atoms with E-state index in [1.54, 1.807) is 21.3 Å². The van der Waals surface area contributed by atoms with E-state index in [2.05, 4.69) is 0 Å². The highest BCUT2D eigenvalue weighted by atomic mass is 16.5. The third-order valence-corrected chi connectivity index (χ3v) is 4.54. The number of hydrogen-bond acceptors (Lipinski definition) is 4. The first-order chi connectivity index (χ1) is 10.6. The van der Waals surface area contributed by atoms with E-state index >= 15 is 0 Å². The molecule has 0 aliphatic heterocycles. The Hall–Kier alpha value is -1.75. The number of methoxy groups -OCH3 is 3. The Morgan fingerprint density at radius 2 is 1.68 bits per heavy atom. The normalized spacial score (nSPS) is 17.0. The van der Waals surface area contributed by atoms with Crippen LogP contribution in [0.5, 0.6) is 11.5 Å². The second-order valence-corrected chi connectivity index (χ2v) is 5.75. The molecule has 1 aromatic rings. The van der Waals surface area contributed by atoms with Gasteiger partial charge < -0.3 is 19.3 Å². The SMILES string of the molecule is COCc1cc(OC)c(OC)cc1C1(C(=O)O)CCCCC1. The maximum absolute atomic E-state index is 12.1. The molecule has 0 unspecified atom stereocenters. The first-order valence-corrected chi connectivity index (χ1v) is 7.56. The third-order valence-electron chi connectivity index (χ3n) is 4.54. The van der Waals surface area contributed by atoms with Crippen molar-refractivity contribution in [2.45, 2.75) is 44.1 Å². The van der Waals surface area contributed by atoms with Gasteiger partial charge in [0.2, 0.25) is 0 Å². The molecule has 2 rings (SSSR count). The Balaban J connectivity index is 2.61. The number of carboxylic acid groups (broad SMARTS) is 1. The topological polar surface area (TPSA) is 65.0 Å². The molecule has 22 heavy (non-hydrogen) atoms. The number of rotatable bonds is 6. The Kier molecular flexibility index (Phi) is 5.29. The zero-order valence-corrected chi connectivity index (χ0v) is 13.5. The average Bonchev–Trinajstić information content (AvgIpc) is 2.55. The fourth-order valence-electron chi connectivity index (χ4n) is 3.40. The van der Waals surface area contributed by atoms with Gasteiger partial charge in [0.15, 0.2) is 11.5 Å². The molecular formula is C17H24O5. The molecule has 5 heteroatoms. The fourth-order valence-corrected chi connectivity index (χ4v) is 3.40. The highest BCUT2D eigenvalue weighted by Crippen LogP contribution is 2.44. The molecule has 122 valence electrons. The second kappa shape index (κ2) is 7.01. The van der Waals surface area contributed by atoms with Crippen LogP contribution in [0, 0.1) is 0 Å². The Morgan fingerprint density at radius 1 is 1.09 bits per heavy atom. The molecule has 0 aromatic heterocycles. The number of carbonyl (C=O) groups is 1. The summed E-state index contributed by atoms with van der Waals surface area (Å²) in [6, 6.07) is 3.64. The van der Waals surface area contributed by atoms with Crippen LogP contribution < -0.4 is 9.47 Å². The summed E-state index contributed by atoms with van der Waals surface area (Å²) in [6.07, 6.45) is 4.23. The molecule has 0 radical (unpaired) electrons. The van der Waals surface area contributed by atoms with Crippen LogP contribution in [0.3, 0.4) is 0 Å². The maximum Gasteiger partial charge on any atom is 0.314 e. The number of carboxylic acids is 1. The van der Waals surface area contributed by atoms with Gasteiger partial charge in [-0.2, -0.15) is 0 Å². The molecule has 1 aliphatic carbocycles. The van der Waals surface area contributed by atoms with E-state index in [0.29, 0.717) is 30.9 Å². The van der Waals surface area contributed by atoms with Crippen molar-refractivity contribution in [1.29, 1.82) is 0 Å². The van der Waals surface area contributed by atoms with Crippen molar-refractivity contribution in [2.75, 3.05) is 21.3 Å². The van der Waals surface area contributed by atoms with E-state index in [1.807, 2.05) is 12.1 Å². The molecule has 0 heterocycles. The van der Waals surface area contributed by atoms with Gasteiger partial charge in [-0.05, 0) is 36.1 Å². The van der Waals surface area contributed by atoms with Crippen molar-refractivity contribution in [3.63, 3.8) is 0 Å². The summed E-state index contributed by atoms with van der Waals surface area (Å²) in [7, 11) is 4.74. The summed E-state index contributed by atoms with van der Waals surface area (Å²) in [5.74, 6) is 0.384. The lowest BCUT2D eigenvalue weighted by Gasteiger charge is -2.35. The zero-order valence-electron chi connectivity index (χ0n) is 13.5. The molecule has 1 fully saturated rings. The molecule has 0 saturated heterocycles. The van der Waals surface area contributed by atoms with Crippen LogP contribution in [-0.2, 0) is 21.6 Å². The predicted octanol–water partition coefficient (Wildman–Crippen LogP) is 3.14. The monoisotopic (exact) mass is 308 g/mol. The zero-order chi connectivity index (χ0) is 16.2. The lowest BCUT2D eigenvalue weighted by molar-refractivity contribution is -0.145. The summed E-state index contributed by atoms with van der Waals surface area (Å²) in [5.41, 5.74) is 0.787. The van der Waals surface area contributed by atoms with E-state index < -0.39 is 11.4 Å². The lowest BCUT2D eigenvalue weighted by atomic mass is 9.68. The highest BCUT2D eigenvalue weighted by molar-refractivity contribution is 5.82. The molecule has 1 aliphatic rings.